The van der Waals surface area contributed by atoms with Gasteiger partial charge in [-0.05, 0) is 0 Å². The molecular formula is C12H14O10. The fourth-order valence-electron chi connectivity index (χ4n) is 1.01. The zero-order valence-electron chi connectivity index (χ0n) is 11.3. The van der Waals surface area contributed by atoms with E-state index in [1.54, 1.807) is 0 Å². The third-order valence-electron chi connectivity index (χ3n) is 1.85. The Balaban J connectivity index is 4.95. The quantitative estimate of drug-likeness (QED) is 0.457. The highest BCUT2D eigenvalue weighted by Crippen LogP contribution is 2.09. The van der Waals surface area contributed by atoms with E-state index in [-0.39, 0.29) is 13.2 Å². The van der Waals surface area contributed by atoms with Crippen LogP contribution < -0.4 is 0 Å². The third kappa shape index (κ3) is 6.93. The molecule has 0 radical (unpaired) electrons. The molecule has 0 fully saturated rings. The molecule has 0 aromatic carbocycles. The molecular weight excluding hydrogens is 304 g/mol. The first-order chi connectivity index (χ1) is 10.3. The largest absolute Gasteiger partial charge is 0.509 e. The Kier molecular flexibility index (Phi) is 8.45. The summed E-state index contributed by atoms with van der Waals surface area (Å²) in [5, 5.41) is 17.8. The average molecular weight is 318 g/mol. The second kappa shape index (κ2) is 9.80. The predicted octanol–water partition coefficient (Wildman–Crippen LogP) is 0.571. The summed E-state index contributed by atoms with van der Waals surface area (Å²) < 4.78 is 17.3. The van der Waals surface area contributed by atoms with Gasteiger partial charge in [-0.1, -0.05) is 25.3 Å². The summed E-state index contributed by atoms with van der Waals surface area (Å²) in [6.45, 7) is 5.91. The Morgan fingerprint density at radius 3 is 1.36 bits per heavy atom. The Hall–Kier alpha value is -3.04. The molecule has 22 heavy (non-hydrogen) atoms. The van der Waals surface area contributed by atoms with Crippen molar-refractivity contribution >= 4 is 24.2 Å². The lowest BCUT2D eigenvalue weighted by Crippen LogP contribution is -2.46. The van der Waals surface area contributed by atoms with Gasteiger partial charge in [0.1, 0.15) is 13.2 Å². The maximum Gasteiger partial charge on any atom is 0.509 e. The normalized spacial score (nSPS) is 12.2. The number of aliphatic carboxylic acids is 2. The minimum Gasteiger partial charge on any atom is -0.478 e. The van der Waals surface area contributed by atoms with Gasteiger partial charge in [0.2, 0.25) is 12.2 Å². The van der Waals surface area contributed by atoms with Crippen molar-refractivity contribution in [3.63, 3.8) is 0 Å². The minimum atomic E-state index is -2.33. The van der Waals surface area contributed by atoms with Crippen LogP contribution in [0.4, 0.5) is 9.59 Å². The summed E-state index contributed by atoms with van der Waals surface area (Å²) in [7, 11) is 0. The molecule has 10 heteroatoms. The molecule has 0 aromatic rings. The number of carbonyl (C=O) groups is 4. The average Bonchev–Trinajstić information content (AvgIpc) is 2.45. The molecule has 0 bridgehead atoms. The van der Waals surface area contributed by atoms with Crippen LogP contribution in [-0.2, 0) is 28.5 Å². The summed E-state index contributed by atoms with van der Waals surface area (Å²) in [5.74, 6) is -3.72. The van der Waals surface area contributed by atoms with Crippen LogP contribution in [-0.4, -0.2) is 59.9 Å². The van der Waals surface area contributed by atoms with Crippen molar-refractivity contribution in [2.45, 2.75) is 12.2 Å². The van der Waals surface area contributed by atoms with Crippen molar-refractivity contribution in [2.75, 3.05) is 13.2 Å². The second-order valence-electron chi connectivity index (χ2n) is 3.45. The van der Waals surface area contributed by atoms with Gasteiger partial charge in [0.15, 0.2) is 0 Å². The molecule has 0 saturated heterocycles. The molecule has 0 saturated carbocycles. The Labute approximate surface area is 124 Å². The van der Waals surface area contributed by atoms with Crippen LogP contribution in [0.25, 0.3) is 0 Å². The van der Waals surface area contributed by atoms with Crippen molar-refractivity contribution in [3.8, 4) is 0 Å². The molecule has 2 atom stereocenters. The first-order valence-electron chi connectivity index (χ1n) is 5.67. The summed E-state index contributed by atoms with van der Waals surface area (Å²) in [4.78, 5) is 44.3. The zero-order chi connectivity index (χ0) is 17.1. The molecule has 0 aliphatic carbocycles. The van der Waals surface area contributed by atoms with E-state index in [0.717, 1.165) is 0 Å². The van der Waals surface area contributed by atoms with Crippen molar-refractivity contribution in [2.24, 2.45) is 0 Å². The van der Waals surface area contributed by atoms with Gasteiger partial charge in [-0.15, -0.1) is 0 Å². The van der Waals surface area contributed by atoms with Crippen LogP contribution in [0.2, 0.25) is 0 Å². The van der Waals surface area contributed by atoms with E-state index in [1.807, 2.05) is 0 Å². The second-order valence-corrected chi connectivity index (χ2v) is 3.45. The standard InChI is InChI=1S/C12H14O10/c1-3-5-19-11(17)21-7(9(13)14)8(10(15)16)22-12(18)20-6-4-2/h3-4,7-8H,1-2,5-6H2,(H,13,14)(H,15,16). The van der Waals surface area contributed by atoms with Crippen molar-refractivity contribution in [1.82, 2.24) is 0 Å². The fraction of sp³-hybridized carbons (Fsp3) is 0.333. The summed E-state index contributed by atoms with van der Waals surface area (Å²) in [6, 6.07) is 0. The van der Waals surface area contributed by atoms with E-state index in [0.29, 0.717) is 0 Å². The van der Waals surface area contributed by atoms with Crippen molar-refractivity contribution < 1.29 is 48.3 Å². The lowest BCUT2D eigenvalue weighted by Gasteiger charge is -2.19. The summed E-state index contributed by atoms with van der Waals surface area (Å²) in [5.41, 5.74) is 0. The van der Waals surface area contributed by atoms with Crippen LogP contribution >= 0.6 is 0 Å². The summed E-state index contributed by atoms with van der Waals surface area (Å²) >= 11 is 0. The topological polar surface area (TPSA) is 146 Å². The fourth-order valence-corrected chi connectivity index (χ4v) is 1.01. The maximum absolute atomic E-state index is 11.2. The highest BCUT2D eigenvalue weighted by Gasteiger charge is 2.41. The van der Waals surface area contributed by atoms with Crippen molar-refractivity contribution in [1.29, 1.82) is 0 Å². The van der Waals surface area contributed by atoms with Gasteiger partial charge in [-0.3, -0.25) is 0 Å². The van der Waals surface area contributed by atoms with Crippen LogP contribution in [0.5, 0.6) is 0 Å². The van der Waals surface area contributed by atoms with Crippen LogP contribution in [0, 0.1) is 0 Å². The van der Waals surface area contributed by atoms with Gasteiger partial charge < -0.3 is 29.2 Å². The van der Waals surface area contributed by atoms with E-state index in [2.05, 4.69) is 32.1 Å². The highest BCUT2D eigenvalue weighted by atomic mass is 16.8. The predicted molar refractivity (Wildman–Crippen MR) is 68.1 cm³/mol. The van der Waals surface area contributed by atoms with Crippen molar-refractivity contribution in [3.05, 3.63) is 25.3 Å². The number of carboxylic acids is 2. The lowest BCUT2D eigenvalue weighted by molar-refractivity contribution is -0.169. The third-order valence-corrected chi connectivity index (χ3v) is 1.85. The van der Waals surface area contributed by atoms with Gasteiger partial charge >= 0.3 is 24.2 Å². The molecule has 0 aromatic heterocycles. The number of rotatable bonds is 9. The van der Waals surface area contributed by atoms with E-state index >= 15 is 0 Å². The highest BCUT2D eigenvalue weighted by molar-refractivity contribution is 5.86. The number of carboxylic acid groups (broad SMARTS) is 2. The summed E-state index contributed by atoms with van der Waals surface area (Å²) in [6.07, 6.45) is -5.25. The zero-order valence-corrected chi connectivity index (χ0v) is 11.3. The monoisotopic (exact) mass is 318 g/mol. The Morgan fingerprint density at radius 2 is 1.14 bits per heavy atom. The Morgan fingerprint density at radius 1 is 0.818 bits per heavy atom. The van der Waals surface area contributed by atoms with Crippen LogP contribution in [0.1, 0.15) is 0 Å². The lowest BCUT2D eigenvalue weighted by atomic mass is 10.2. The minimum absolute atomic E-state index is 0.287. The molecule has 0 aliphatic rings. The molecule has 10 nitrogen and oxygen atoms in total. The molecule has 2 unspecified atom stereocenters. The van der Waals surface area contributed by atoms with Gasteiger partial charge in [-0.25, -0.2) is 19.2 Å². The first kappa shape index (κ1) is 19.0. The van der Waals surface area contributed by atoms with Gasteiger partial charge in [-0.2, -0.15) is 0 Å². The number of hydrogen-bond donors (Lipinski definition) is 2. The van der Waals surface area contributed by atoms with E-state index in [4.69, 9.17) is 10.2 Å². The van der Waals surface area contributed by atoms with Gasteiger partial charge in [0.05, 0.1) is 0 Å². The molecule has 122 valence electrons. The first-order valence-corrected chi connectivity index (χ1v) is 5.67. The van der Waals surface area contributed by atoms with Gasteiger partial charge in [0.25, 0.3) is 0 Å². The smallest absolute Gasteiger partial charge is 0.478 e. The van der Waals surface area contributed by atoms with E-state index in [9.17, 15) is 19.2 Å². The Bertz CT molecular complexity index is 413. The molecule has 0 rings (SSSR count). The van der Waals surface area contributed by atoms with Crippen LogP contribution in [0.3, 0.4) is 0 Å². The SMILES string of the molecule is C=CCOC(=O)OC(C(=O)O)C(OC(=O)OCC=C)C(=O)O. The maximum atomic E-state index is 11.2. The molecule has 0 aliphatic heterocycles. The molecule has 0 amide bonds. The van der Waals surface area contributed by atoms with Gasteiger partial charge in [0, 0.05) is 0 Å². The molecule has 0 spiro atoms. The van der Waals surface area contributed by atoms with Crippen LogP contribution in [0.15, 0.2) is 25.3 Å². The molecule has 2 N–H and O–H groups in total. The van der Waals surface area contributed by atoms with E-state index < -0.39 is 36.5 Å². The number of carbonyl (C=O) groups excluding carboxylic acids is 2. The van der Waals surface area contributed by atoms with E-state index in [1.165, 1.54) is 12.2 Å². The number of ether oxygens (including phenoxy) is 4. The molecule has 0 heterocycles. The number of hydrogen-bond acceptors (Lipinski definition) is 8.